The molecule has 0 saturated heterocycles. The van der Waals surface area contributed by atoms with Gasteiger partial charge in [0.1, 0.15) is 0 Å². The van der Waals surface area contributed by atoms with Gasteiger partial charge in [0, 0.05) is 6.42 Å². The van der Waals surface area contributed by atoms with E-state index in [9.17, 15) is 18.0 Å². The van der Waals surface area contributed by atoms with Gasteiger partial charge in [-0.05, 0) is 12.5 Å². The van der Waals surface area contributed by atoms with E-state index in [0.717, 1.165) is 5.56 Å². The summed E-state index contributed by atoms with van der Waals surface area (Å²) in [7, 11) is 0. The molecule has 1 nitrogen and oxygen atoms in total. The summed E-state index contributed by atoms with van der Waals surface area (Å²) in [5, 5.41) is 0. The minimum atomic E-state index is -4.73. The van der Waals surface area contributed by atoms with Crippen molar-refractivity contribution in [2.24, 2.45) is 0 Å². The van der Waals surface area contributed by atoms with E-state index in [0.29, 0.717) is 5.56 Å². The van der Waals surface area contributed by atoms with Crippen LogP contribution >= 0.6 is 0 Å². The smallest absolute Gasteiger partial charge is 0.289 e. The molecule has 0 aliphatic rings. The first-order chi connectivity index (χ1) is 6.39. The Hall–Kier alpha value is -1.32. The Kier molecular flexibility index (Phi) is 2.93. The lowest BCUT2D eigenvalue weighted by atomic mass is 10.1. The van der Waals surface area contributed by atoms with Gasteiger partial charge in [0.15, 0.2) is 0 Å². The summed E-state index contributed by atoms with van der Waals surface area (Å²) < 4.78 is 35.7. The molecule has 0 aromatic heterocycles. The van der Waals surface area contributed by atoms with Crippen LogP contribution in [0.1, 0.15) is 11.1 Å². The third-order valence-electron chi connectivity index (χ3n) is 1.76. The first-order valence-electron chi connectivity index (χ1n) is 4.05. The normalized spacial score (nSPS) is 11.4. The molecule has 4 heteroatoms. The van der Waals surface area contributed by atoms with E-state index < -0.39 is 18.4 Å². The Morgan fingerprint density at radius 2 is 2.00 bits per heavy atom. The molecule has 0 amide bonds. The Morgan fingerprint density at radius 1 is 1.36 bits per heavy atom. The third-order valence-corrected chi connectivity index (χ3v) is 1.76. The van der Waals surface area contributed by atoms with Crippen LogP contribution in [0.15, 0.2) is 24.3 Å². The molecule has 0 unspecified atom stereocenters. The number of Topliss-reactive ketones (excluding diaryl/α,β-unsaturated/α-hetero) is 1. The second kappa shape index (κ2) is 3.82. The molecular weight excluding hydrogens is 193 g/mol. The van der Waals surface area contributed by atoms with Gasteiger partial charge in [-0.25, -0.2) is 0 Å². The highest BCUT2D eigenvalue weighted by molar-refractivity contribution is 5.86. The number of carbonyl (C=O) groups excluding carboxylic acids is 1. The molecule has 76 valence electrons. The van der Waals surface area contributed by atoms with Gasteiger partial charge in [-0.1, -0.05) is 29.8 Å². The van der Waals surface area contributed by atoms with Crippen LogP contribution in [0.5, 0.6) is 0 Å². The van der Waals surface area contributed by atoms with Crippen molar-refractivity contribution in [3.63, 3.8) is 0 Å². The zero-order valence-corrected chi connectivity index (χ0v) is 7.56. The quantitative estimate of drug-likeness (QED) is 0.720. The van der Waals surface area contributed by atoms with Gasteiger partial charge >= 0.3 is 6.18 Å². The molecule has 0 N–H and O–H groups in total. The van der Waals surface area contributed by atoms with E-state index in [4.69, 9.17) is 0 Å². The van der Waals surface area contributed by atoms with Crippen LogP contribution in [0.2, 0.25) is 0 Å². The summed E-state index contributed by atoms with van der Waals surface area (Å²) >= 11 is 0. The molecular formula is C10H9F3O. The fraction of sp³-hybridized carbons (Fsp3) is 0.300. The molecule has 0 saturated carbocycles. The summed E-state index contributed by atoms with van der Waals surface area (Å²) in [5.41, 5.74) is 1.24. The standard InChI is InChI=1S/C10H9F3O/c1-7-3-2-4-8(5-7)6-9(14)10(11,12)13/h2-5H,6H2,1H3. The largest absolute Gasteiger partial charge is 0.450 e. The van der Waals surface area contributed by atoms with E-state index in [2.05, 4.69) is 0 Å². The fourth-order valence-electron chi connectivity index (χ4n) is 1.11. The van der Waals surface area contributed by atoms with Crippen molar-refractivity contribution in [2.45, 2.75) is 19.5 Å². The number of rotatable bonds is 2. The fourth-order valence-corrected chi connectivity index (χ4v) is 1.11. The molecule has 1 aromatic carbocycles. The molecule has 0 aliphatic heterocycles. The van der Waals surface area contributed by atoms with Crippen molar-refractivity contribution in [1.82, 2.24) is 0 Å². The molecule has 14 heavy (non-hydrogen) atoms. The van der Waals surface area contributed by atoms with E-state index in [-0.39, 0.29) is 0 Å². The van der Waals surface area contributed by atoms with E-state index >= 15 is 0 Å². The molecule has 0 bridgehead atoms. The monoisotopic (exact) mass is 202 g/mol. The number of halogens is 3. The van der Waals surface area contributed by atoms with Crippen LogP contribution in [0, 0.1) is 6.92 Å². The average molecular weight is 202 g/mol. The maximum Gasteiger partial charge on any atom is 0.450 e. The van der Waals surface area contributed by atoms with Crippen LogP contribution in [-0.2, 0) is 11.2 Å². The van der Waals surface area contributed by atoms with Gasteiger partial charge < -0.3 is 0 Å². The van der Waals surface area contributed by atoms with Gasteiger partial charge in [-0.15, -0.1) is 0 Å². The van der Waals surface area contributed by atoms with Crippen LogP contribution < -0.4 is 0 Å². The van der Waals surface area contributed by atoms with Crippen molar-refractivity contribution in [1.29, 1.82) is 0 Å². The molecule has 0 spiro atoms. The Morgan fingerprint density at radius 3 is 2.50 bits per heavy atom. The zero-order valence-electron chi connectivity index (χ0n) is 7.56. The van der Waals surface area contributed by atoms with Gasteiger partial charge in [0.05, 0.1) is 0 Å². The molecule has 1 rings (SSSR count). The lowest BCUT2D eigenvalue weighted by Crippen LogP contribution is -2.24. The number of hydrogen-bond donors (Lipinski definition) is 0. The first kappa shape index (κ1) is 10.8. The zero-order chi connectivity index (χ0) is 10.8. The Bertz CT molecular complexity index is 341. The van der Waals surface area contributed by atoms with Crippen LogP contribution in [-0.4, -0.2) is 12.0 Å². The molecule has 0 aliphatic carbocycles. The van der Waals surface area contributed by atoms with Crippen molar-refractivity contribution < 1.29 is 18.0 Å². The number of benzene rings is 1. The second-order valence-corrected chi connectivity index (χ2v) is 3.09. The second-order valence-electron chi connectivity index (χ2n) is 3.09. The highest BCUT2D eigenvalue weighted by atomic mass is 19.4. The SMILES string of the molecule is Cc1cccc(CC(=O)C(F)(F)F)c1. The predicted molar refractivity (Wildman–Crippen MR) is 45.9 cm³/mol. The van der Waals surface area contributed by atoms with Crippen molar-refractivity contribution in [3.8, 4) is 0 Å². The molecule has 0 radical (unpaired) electrons. The molecule has 0 heterocycles. The van der Waals surface area contributed by atoms with E-state index in [1.807, 2.05) is 0 Å². The van der Waals surface area contributed by atoms with Gasteiger partial charge in [0.25, 0.3) is 0 Å². The van der Waals surface area contributed by atoms with Gasteiger partial charge in [-0.3, -0.25) is 4.79 Å². The Balaban J connectivity index is 2.75. The number of hydrogen-bond acceptors (Lipinski definition) is 1. The van der Waals surface area contributed by atoms with Crippen molar-refractivity contribution in [3.05, 3.63) is 35.4 Å². The predicted octanol–water partition coefficient (Wildman–Crippen LogP) is 2.67. The number of ketones is 1. The van der Waals surface area contributed by atoms with Crippen LogP contribution in [0.25, 0.3) is 0 Å². The van der Waals surface area contributed by atoms with Crippen LogP contribution in [0.4, 0.5) is 13.2 Å². The molecule has 0 fully saturated rings. The molecule has 1 aromatic rings. The number of aryl methyl sites for hydroxylation is 1. The lowest BCUT2D eigenvalue weighted by molar-refractivity contribution is -0.170. The highest BCUT2D eigenvalue weighted by Crippen LogP contribution is 2.18. The van der Waals surface area contributed by atoms with E-state index in [1.165, 1.54) is 6.07 Å². The number of alkyl halides is 3. The van der Waals surface area contributed by atoms with Crippen molar-refractivity contribution in [2.75, 3.05) is 0 Å². The van der Waals surface area contributed by atoms with Gasteiger partial charge in [-0.2, -0.15) is 13.2 Å². The topological polar surface area (TPSA) is 17.1 Å². The van der Waals surface area contributed by atoms with Gasteiger partial charge in [0.2, 0.25) is 5.78 Å². The minimum absolute atomic E-state index is 0.396. The third kappa shape index (κ3) is 2.87. The average Bonchev–Trinajstić information content (AvgIpc) is 2.02. The maximum absolute atomic E-state index is 11.9. The van der Waals surface area contributed by atoms with E-state index in [1.54, 1.807) is 25.1 Å². The Labute approximate surface area is 79.5 Å². The summed E-state index contributed by atoms with van der Waals surface area (Å²) in [4.78, 5) is 10.6. The summed E-state index contributed by atoms with van der Waals surface area (Å²) in [6.45, 7) is 1.77. The lowest BCUT2D eigenvalue weighted by Gasteiger charge is -2.05. The summed E-state index contributed by atoms with van der Waals surface area (Å²) in [5.74, 6) is -1.71. The summed E-state index contributed by atoms with van der Waals surface area (Å²) in [6.07, 6.45) is -5.31. The minimum Gasteiger partial charge on any atom is -0.289 e. The maximum atomic E-state index is 11.9. The van der Waals surface area contributed by atoms with Crippen molar-refractivity contribution >= 4 is 5.78 Å². The van der Waals surface area contributed by atoms with Crippen LogP contribution in [0.3, 0.4) is 0 Å². The first-order valence-corrected chi connectivity index (χ1v) is 4.05. The highest BCUT2D eigenvalue weighted by Gasteiger charge is 2.37. The molecule has 0 atom stereocenters. The summed E-state index contributed by atoms with van der Waals surface area (Å²) in [6, 6.07) is 6.48. The number of carbonyl (C=O) groups is 1.